The second kappa shape index (κ2) is 18.3. The third-order valence-electron chi connectivity index (χ3n) is 8.80. The topological polar surface area (TPSA) is 215 Å². The van der Waals surface area contributed by atoms with Gasteiger partial charge in [0.15, 0.2) is 13.3 Å². The first kappa shape index (κ1) is 38.8. The lowest BCUT2D eigenvalue weighted by Gasteiger charge is -2.41. The fourth-order valence-electron chi connectivity index (χ4n) is 6.39. The average Bonchev–Trinajstić information content (AvgIpc) is 3.60. The van der Waals surface area contributed by atoms with Gasteiger partial charge in [-0.05, 0) is 49.3 Å². The zero-order valence-corrected chi connectivity index (χ0v) is 29.7. The molecule has 1 aliphatic heterocycles. The van der Waals surface area contributed by atoms with Gasteiger partial charge in [0.1, 0.15) is 18.1 Å². The summed E-state index contributed by atoms with van der Waals surface area (Å²) in [6, 6.07) is 22.4. The molecule has 13 nitrogen and oxygen atoms in total. The number of hydrogen-bond donors (Lipinski definition) is 5. The summed E-state index contributed by atoms with van der Waals surface area (Å²) in [5.74, 6) is -3.29. The number of likely N-dealkylation sites (tertiary alicyclic amines) is 1. The van der Waals surface area contributed by atoms with Crippen molar-refractivity contribution in [3.8, 4) is 0 Å². The molecule has 3 aromatic carbocycles. The van der Waals surface area contributed by atoms with Crippen LogP contribution in [0.25, 0.3) is 0 Å². The van der Waals surface area contributed by atoms with Crippen LogP contribution in [0.5, 0.6) is 0 Å². The molecule has 0 aromatic heterocycles. The van der Waals surface area contributed by atoms with Gasteiger partial charge in [0, 0.05) is 31.8 Å². The van der Waals surface area contributed by atoms with Crippen LogP contribution in [-0.2, 0) is 42.5 Å². The molecule has 3 amide bonds. The third kappa shape index (κ3) is 10.7. The minimum Gasteiger partial charge on any atom is -0.480 e. The van der Waals surface area contributed by atoms with Crippen molar-refractivity contribution in [2.75, 3.05) is 13.1 Å². The van der Waals surface area contributed by atoms with E-state index in [1.165, 1.54) is 9.57 Å². The minimum absolute atomic E-state index is 0.00512. The summed E-state index contributed by atoms with van der Waals surface area (Å²) in [5.41, 5.74) is 18.9. The van der Waals surface area contributed by atoms with Gasteiger partial charge in [-0.1, -0.05) is 91.0 Å². The Morgan fingerprint density at radius 3 is 1.94 bits per heavy atom. The van der Waals surface area contributed by atoms with Crippen molar-refractivity contribution in [1.29, 1.82) is 0 Å². The van der Waals surface area contributed by atoms with Gasteiger partial charge in [-0.15, -0.1) is 0 Å². The van der Waals surface area contributed by atoms with Gasteiger partial charge in [0.25, 0.3) is 5.91 Å². The quantitative estimate of drug-likeness (QED) is 0.0600. The number of guanidine groups is 1. The molecule has 0 radical (unpaired) electrons. The molecule has 4 atom stereocenters. The van der Waals surface area contributed by atoms with Gasteiger partial charge in [0.05, 0.1) is 6.04 Å². The number of nitrogens with two attached hydrogens (primary N) is 3. The van der Waals surface area contributed by atoms with Crippen molar-refractivity contribution < 1.29 is 28.8 Å². The number of rotatable bonds is 17. The smallest absolute Gasteiger partial charge is 0.326 e. The van der Waals surface area contributed by atoms with E-state index in [2.05, 4.69) is 10.3 Å². The summed E-state index contributed by atoms with van der Waals surface area (Å²) in [6.45, 7) is 1.97. The van der Waals surface area contributed by atoms with Crippen molar-refractivity contribution in [2.24, 2.45) is 22.2 Å². The highest BCUT2D eigenvalue weighted by atomic mass is 31.2. The Bertz CT molecular complexity index is 1660. The van der Waals surface area contributed by atoms with E-state index in [1.807, 2.05) is 66.7 Å². The number of benzene rings is 3. The molecule has 0 aliphatic carbocycles. The van der Waals surface area contributed by atoms with Crippen LogP contribution in [0.15, 0.2) is 96.0 Å². The molecular weight excluding hydrogens is 669 g/mol. The van der Waals surface area contributed by atoms with E-state index in [0.717, 1.165) is 0 Å². The van der Waals surface area contributed by atoms with E-state index in [4.69, 9.17) is 17.2 Å². The van der Waals surface area contributed by atoms with E-state index >= 15 is 9.36 Å². The molecule has 0 unspecified atom stereocenters. The van der Waals surface area contributed by atoms with Gasteiger partial charge in [-0.25, -0.2) is 4.79 Å². The number of nitrogens with zero attached hydrogens (tertiary/aromatic N) is 3. The summed E-state index contributed by atoms with van der Waals surface area (Å²) in [4.78, 5) is 60.7. The Morgan fingerprint density at radius 2 is 1.45 bits per heavy atom. The molecule has 1 aliphatic rings. The monoisotopic (exact) mass is 717 g/mol. The molecule has 0 saturated carbocycles. The first-order valence-electron chi connectivity index (χ1n) is 17.1. The third-order valence-corrected chi connectivity index (χ3v) is 11.8. The molecule has 8 N–H and O–H groups in total. The highest BCUT2D eigenvalue weighted by molar-refractivity contribution is 7.60. The number of carbonyl (C=O) groups is 4. The van der Waals surface area contributed by atoms with Gasteiger partial charge < -0.3 is 32.5 Å². The lowest BCUT2D eigenvalue weighted by molar-refractivity contribution is -0.146. The Balaban J connectivity index is 1.88. The second-order valence-corrected chi connectivity index (χ2v) is 15.6. The van der Waals surface area contributed by atoms with Crippen molar-refractivity contribution in [3.63, 3.8) is 0 Å². The minimum atomic E-state index is -3.95. The highest BCUT2D eigenvalue weighted by Gasteiger charge is 2.48. The number of amides is 3. The van der Waals surface area contributed by atoms with E-state index in [-0.39, 0.29) is 57.1 Å². The van der Waals surface area contributed by atoms with Gasteiger partial charge >= 0.3 is 5.97 Å². The molecule has 3 aromatic rings. The van der Waals surface area contributed by atoms with Crippen LogP contribution in [0.3, 0.4) is 0 Å². The number of carboxylic acid groups (broad SMARTS) is 1. The van der Waals surface area contributed by atoms with E-state index < -0.39 is 55.2 Å². The fourth-order valence-corrected chi connectivity index (χ4v) is 9.56. The molecule has 1 saturated heterocycles. The Hall–Kier alpha value is -5.00. The van der Waals surface area contributed by atoms with Crippen molar-refractivity contribution in [1.82, 2.24) is 14.9 Å². The highest BCUT2D eigenvalue weighted by Crippen LogP contribution is 2.57. The molecule has 0 bridgehead atoms. The molecule has 1 heterocycles. The Labute approximate surface area is 298 Å². The summed E-state index contributed by atoms with van der Waals surface area (Å²) < 4.78 is 17.1. The van der Waals surface area contributed by atoms with Crippen LogP contribution in [0.4, 0.5) is 0 Å². The normalized spacial score (nSPS) is 16.0. The largest absolute Gasteiger partial charge is 0.480 e. The molecule has 1 fully saturated rings. The van der Waals surface area contributed by atoms with Crippen LogP contribution < -0.4 is 22.5 Å². The van der Waals surface area contributed by atoms with Crippen LogP contribution in [0, 0.1) is 0 Å². The molecule has 0 spiro atoms. The molecular formula is C37H48N7O6P. The first-order valence-corrected chi connectivity index (χ1v) is 19.1. The van der Waals surface area contributed by atoms with E-state index in [9.17, 15) is 19.5 Å². The first-order chi connectivity index (χ1) is 24.4. The summed E-state index contributed by atoms with van der Waals surface area (Å²) in [6.07, 6.45) is 0.834. The number of nitrogens with one attached hydrogen (secondary N) is 1. The summed E-state index contributed by atoms with van der Waals surface area (Å²) in [7, 11) is -3.95. The number of carbonyl (C=O) groups excluding carboxylic acids is 3. The maximum absolute atomic E-state index is 15.9. The lowest BCUT2D eigenvalue weighted by atomic mass is 10.0. The van der Waals surface area contributed by atoms with Crippen molar-refractivity contribution >= 4 is 36.9 Å². The average molecular weight is 718 g/mol. The Kier molecular flexibility index (Phi) is 13.9. The van der Waals surface area contributed by atoms with Crippen molar-refractivity contribution in [2.45, 2.75) is 75.5 Å². The summed E-state index contributed by atoms with van der Waals surface area (Å²) >= 11 is 0. The maximum atomic E-state index is 15.9. The number of hydrogen-bond acceptors (Lipinski definition) is 7. The lowest BCUT2D eigenvalue weighted by Crippen LogP contribution is -2.57. The zero-order valence-electron chi connectivity index (χ0n) is 28.8. The second-order valence-electron chi connectivity index (χ2n) is 12.8. The van der Waals surface area contributed by atoms with Gasteiger partial charge in [-0.3, -0.25) is 28.6 Å². The van der Waals surface area contributed by atoms with Gasteiger partial charge in [0.2, 0.25) is 11.8 Å². The maximum Gasteiger partial charge on any atom is 0.326 e. The molecule has 14 heteroatoms. The van der Waals surface area contributed by atoms with Crippen LogP contribution in [-0.4, -0.2) is 81.6 Å². The predicted molar refractivity (Wildman–Crippen MR) is 197 cm³/mol. The Morgan fingerprint density at radius 1 is 0.922 bits per heavy atom. The van der Waals surface area contributed by atoms with Crippen LogP contribution in [0.2, 0.25) is 0 Å². The van der Waals surface area contributed by atoms with E-state index in [0.29, 0.717) is 23.1 Å². The SMILES string of the molecule is C[C@H](N)C(=O)N1CCC[C@H]1C(=O)N([C@@H](Cc1ccccc1)C(=O)N[C@@H](CCCN=C(N)N)C(=O)O)P(=O)(Cc1ccccc1)Cc1ccccc1. The molecule has 4 rings (SSSR count). The van der Waals surface area contributed by atoms with Crippen LogP contribution in [0.1, 0.15) is 49.3 Å². The van der Waals surface area contributed by atoms with Crippen molar-refractivity contribution in [3.05, 3.63) is 108 Å². The predicted octanol–water partition coefficient (Wildman–Crippen LogP) is 3.07. The molecule has 272 valence electrons. The van der Waals surface area contributed by atoms with Gasteiger partial charge in [-0.2, -0.15) is 0 Å². The number of carboxylic acids is 1. The standard InChI is InChI=1S/C37H48N7O6P/c1-26(38)34(46)43-22-12-20-31(43)35(47)44(51(50,24-28-15-7-3-8-16-28)25-29-17-9-4-10-18-29)32(23-27-13-5-2-6-14-27)33(45)42-30(36(48)49)19-11-21-41-37(39)40/h2-10,13-18,26,30-32H,11-12,19-25,38H2,1H3,(H,42,45)(H,48,49)(H4,39,40,41)/t26-,30-,31-,32-/m0/s1. The summed E-state index contributed by atoms with van der Waals surface area (Å²) in [5, 5.41) is 12.8. The van der Waals surface area contributed by atoms with E-state index in [1.54, 1.807) is 31.2 Å². The fraction of sp³-hybridized carbons (Fsp3) is 0.378. The van der Waals surface area contributed by atoms with Crippen LogP contribution >= 0.6 is 7.29 Å². The zero-order chi connectivity index (χ0) is 37.0. The number of aliphatic carboxylic acids is 1. The molecule has 51 heavy (non-hydrogen) atoms. The number of aliphatic imine (C=N–C) groups is 1.